The molecule has 0 fully saturated rings. The molecule has 0 saturated carbocycles. The van der Waals surface area contributed by atoms with Gasteiger partial charge in [0.25, 0.3) is 0 Å². The Hall–Kier alpha value is -1.22. The number of rotatable bonds is 1. The minimum Gasteiger partial charge on any atom is -0.294 e. The predicted molar refractivity (Wildman–Crippen MR) is 59.1 cm³/mol. The summed E-state index contributed by atoms with van der Waals surface area (Å²) < 4.78 is 1.13. The van der Waals surface area contributed by atoms with Gasteiger partial charge in [-0.25, -0.2) is 0 Å². The van der Waals surface area contributed by atoms with Gasteiger partial charge in [-0.15, -0.1) is 11.3 Å². The van der Waals surface area contributed by atoms with Crippen LogP contribution in [-0.2, 0) is 0 Å². The van der Waals surface area contributed by atoms with Crippen LogP contribution in [0.1, 0.15) is 28.7 Å². The van der Waals surface area contributed by atoms with Gasteiger partial charge in [-0.3, -0.25) is 9.78 Å². The van der Waals surface area contributed by atoms with E-state index in [1.54, 1.807) is 18.3 Å². The van der Waals surface area contributed by atoms with Crippen LogP contribution in [0.25, 0.3) is 10.1 Å². The highest BCUT2D eigenvalue weighted by Crippen LogP contribution is 2.28. The van der Waals surface area contributed by atoms with Gasteiger partial charge in [-0.2, -0.15) is 0 Å². The standard InChI is InChI=1S/C11H11NOS/c1-6-10(8(3)13)9-4-5-14-11(9)7(2)12-6/h4-5H,1-3H3. The van der Waals surface area contributed by atoms with E-state index in [1.165, 1.54) is 0 Å². The van der Waals surface area contributed by atoms with E-state index in [1.807, 2.05) is 25.3 Å². The molecule has 0 aliphatic rings. The molecule has 0 aliphatic heterocycles. The molecule has 2 nitrogen and oxygen atoms in total. The van der Waals surface area contributed by atoms with Crippen LogP contribution < -0.4 is 0 Å². The Labute approximate surface area is 86.6 Å². The quantitative estimate of drug-likeness (QED) is 0.669. The molecule has 2 aromatic rings. The van der Waals surface area contributed by atoms with E-state index in [2.05, 4.69) is 4.98 Å². The van der Waals surface area contributed by atoms with Crippen molar-refractivity contribution in [1.82, 2.24) is 4.98 Å². The molecule has 2 rings (SSSR count). The zero-order valence-electron chi connectivity index (χ0n) is 8.42. The van der Waals surface area contributed by atoms with E-state index >= 15 is 0 Å². The Kier molecular flexibility index (Phi) is 2.11. The maximum atomic E-state index is 11.5. The van der Waals surface area contributed by atoms with Gasteiger partial charge in [0.1, 0.15) is 0 Å². The minimum atomic E-state index is 0.0957. The van der Waals surface area contributed by atoms with E-state index < -0.39 is 0 Å². The smallest absolute Gasteiger partial charge is 0.162 e. The number of pyridine rings is 1. The van der Waals surface area contributed by atoms with E-state index in [-0.39, 0.29) is 5.78 Å². The number of aromatic nitrogens is 1. The molecule has 0 unspecified atom stereocenters. The highest BCUT2D eigenvalue weighted by atomic mass is 32.1. The zero-order chi connectivity index (χ0) is 10.3. The third kappa shape index (κ3) is 1.24. The molecule has 2 heterocycles. The second kappa shape index (κ2) is 3.17. The number of nitrogens with zero attached hydrogens (tertiary/aromatic N) is 1. The third-order valence-electron chi connectivity index (χ3n) is 2.31. The SMILES string of the molecule is CC(=O)c1c(C)nc(C)c2sccc12. The summed E-state index contributed by atoms with van der Waals surface area (Å²) in [6.45, 7) is 5.47. The molecule has 0 amide bonds. The van der Waals surface area contributed by atoms with Crippen LogP contribution in [0.15, 0.2) is 11.4 Å². The fourth-order valence-corrected chi connectivity index (χ4v) is 2.64. The Morgan fingerprint density at radius 1 is 1.36 bits per heavy atom. The number of Topliss-reactive ketones (excluding diaryl/α,β-unsaturated/α-hetero) is 1. The van der Waals surface area contributed by atoms with Crippen molar-refractivity contribution in [3.05, 3.63) is 28.4 Å². The van der Waals surface area contributed by atoms with Crippen molar-refractivity contribution in [3.63, 3.8) is 0 Å². The third-order valence-corrected chi connectivity index (χ3v) is 3.34. The monoisotopic (exact) mass is 205 g/mol. The highest BCUT2D eigenvalue weighted by molar-refractivity contribution is 7.17. The molecule has 0 aromatic carbocycles. The minimum absolute atomic E-state index is 0.0957. The Morgan fingerprint density at radius 2 is 2.07 bits per heavy atom. The van der Waals surface area contributed by atoms with E-state index in [0.717, 1.165) is 27.0 Å². The van der Waals surface area contributed by atoms with E-state index in [4.69, 9.17) is 0 Å². The molecule has 72 valence electrons. The van der Waals surface area contributed by atoms with Crippen LogP contribution in [0.4, 0.5) is 0 Å². The van der Waals surface area contributed by atoms with Gasteiger partial charge in [0.05, 0.1) is 10.4 Å². The summed E-state index contributed by atoms with van der Waals surface area (Å²) in [4.78, 5) is 15.8. The number of hydrogen-bond acceptors (Lipinski definition) is 3. The number of carbonyl (C=O) groups excluding carboxylic acids is 1. The van der Waals surface area contributed by atoms with E-state index in [0.29, 0.717) is 0 Å². The number of hydrogen-bond donors (Lipinski definition) is 0. The average molecular weight is 205 g/mol. The summed E-state index contributed by atoms with van der Waals surface area (Å²) in [6, 6.07) is 2.00. The molecule has 14 heavy (non-hydrogen) atoms. The van der Waals surface area contributed by atoms with Crippen LogP contribution in [0.2, 0.25) is 0 Å². The fourth-order valence-electron chi connectivity index (χ4n) is 1.78. The summed E-state index contributed by atoms with van der Waals surface area (Å²) >= 11 is 1.64. The van der Waals surface area contributed by atoms with E-state index in [9.17, 15) is 4.79 Å². The van der Waals surface area contributed by atoms with Crippen LogP contribution in [0.3, 0.4) is 0 Å². The first kappa shape index (κ1) is 9.34. The first-order valence-corrected chi connectivity index (χ1v) is 5.34. The topological polar surface area (TPSA) is 30.0 Å². The van der Waals surface area contributed by atoms with Gasteiger partial charge >= 0.3 is 0 Å². The van der Waals surface area contributed by atoms with Crippen molar-refractivity contribution in [1.29, 1.82) is 0 Å². The first-order chi connectivity index (χ1) is 6.61. The lowest BCUT2D eigenvalue weighted by Gasteiger charge is -2.05. The summed E-state index contributed by atoms with van der Waals surface area (Å²) in [5, 5.41) is 3.05. The number of carbonyl (C=O) groups is 1. The lowest BCUT2D eigenvalue weighted by atomic mass is 10.1. The number of ketones is 1. The summed E-state index contributed by atoms with van der Waals surface area (Å²) in [5.41, 5.74) is 2.62. The molecule has 0 atom stereocenters. The van der Waals surface area contributed by atoms with Gasteiger partial charge in [-0.05, 0) is 32.2 Å². The average Bonchev–Trinajstić information content (AvgIpc) is 2.51. The van der Waals surface area contributed by atoms with Crippen molar-refractivity contribution in [2.45, 2.75) is 20.8 Å². The molecule has 0 saturated heterocycles. The second-order valence-corrected chi connectivity index (χ2v) is 4.29. The Morgan fingerprint density at radius 3 is 2.71 bits per heavy atom. The molecule has 2 aromatic heterocycles. The lowest BCUT2D eigenvalue weighted by molar-refractivity contribution is 0.101. The van der Waals surface area contributed by atoms with Gasteiger partial charge in [-0.1, -0.05) is 0 Å². The van der Waals surface area contributed by atoms with Crippen molar-refractivity contribution in [2.75, 3.05) is 0 Å². The molecule has 0 aliphatic carbocycles. The predicted octanol–water partition coefficient (Wildman–Crippen LogP) is 3.12. The van der Waals surface area contributed by atoms with Crippen LogP contribution in [-0.4, -0.2) is 10.8 Å². The molecule has 0 spiro atoms. The van der Waals surface area contributed by atoms with Crippen LogP contribution >= 0.6 is 11.3 Å². The Bertz CT molecular complexity index is 513. The summed E-state index contributed by atoms with van der Waals surface area (Å²) in [7, 11) is 0. The van der Waals surface area contributed by atoms with Gasteiger partial charge in [0, 0.05) is 16.6 Å². The summed E-state index contributed by atoms with van der Waals surface area (Å²) in [5.74, 6) is 0.0957. The molecular formula is C11H11NOS. The number of fused-ring (bicyclic) bond motifs is 1. The maximum Gasteiger partial charge on any atom is 0.162 e. The molecular weight excluding hydrogens is 194 g/mol. The van der Waals surface area contributed by atoms with Crippen molar-refractivity contribution < 1.29 is 4.79 Å². The highest BCUT2D eigenvalue weighted by Gasteiger charge is 2.13. The molecule has 0 N–H and O–H groups in total. The second-order valence-electron chi connectivity index (χ2n) is 3.38. The number of thiophene rings is 1. The van der Waals surface area contributed by atoms with Gasteiger partial charge in [0.15, 0.2) is 5.78 Å². The largest absolute Gasteiger partial charge is 0.294 e. The first-order valence-electron chi connectivity index (χ1n) is 4.46. The van der Waals surface area contributed by atoms with Gasteiger partial charge < -0.3 is 0 Å². The maximum absolute atomic E-state index is 11.5. The lowest BCUT2D eigenvalue weighted by Crippen LogP contribution is -2.00. The molecule has 0 bridgehead atoms. The number of aryl methyl sites for hydroxylation is 2. The molecule has 3 heteroatoms. The van der Waals surface area contributed by atoms with Crippen LogP contribution in [0.5, 0.6) is 0 Å². The van der Waals surface area contributed by atoms with Crippen LogP contribution in [0, 0.1) is 13.8 Å². The summed E-state index contributed by atoms with van der Waals surface area (Å²) in [6.07, 6.45) is 0. The Balaban J connectivity index is 2.93. The van der Waals surface area contributed by atoms with Crippen molar-refractivity contribution >= 4 is 27.2 Å². The van der Waals surface area contributed by atoms with Crippen molar-refractivity contribution in [3.8, 4) is 0 Å². The zero-order valence-corrected chi connectivity index (χ0v) is 9.23. The molecule has 0 radical (unpaired) electrons. The van der Waals surface area contributed by atoms with Crippen molar-refractivity contribution in [2.24, 2.45) is 0 Å². The normalized spacial score (nSPS) is 10.8. The fraction of sp³-hybridized carbons (Fsp3) is 0.273. The van der Waals surface area contributed by atoms with Gasteiger partial charge in [0.2, 0.25) is 0 Å².